The molecule has 8 heteroatoms. The zero-order valence-electron chi connectivity index (χ0n) is 23.4. The second-order valence-electron chi connectivity index (χ2n) is 10.1. The molecule has 0 radical (unpaired) electrons. The van der Waals surface area contributed by atoms with E-state index in [1.165, 1.54) is 4.90 Å². The van der Waals surface area contributed by atoms with Gasteiger partial charge in [-0.2, -0.15) is 0 Å². The van der Waals surface area contributed by atoms with Crippen LogP contribution in [0.2, 0.25) is 0 Å². The van der Waals surface area contributed by atoms with Crippen molar-refractivity contribution >= 4 is 28.4 Å². The Bertz CT molecular complexity index is 1500. The summed E-state index contributed by atoms with van der Waals surface area (Å²) in [6, 6.07) is 17.1. The monoisotopic (exact) mass is 528 g/mol. The standard InChI is InChI=1S/C31H36N4O4/c1-19(2)25-16-23(21-9-7-11-24(15-21)39-6)17-26(20(3)4)28(25)33-31(37)35(13-14-38-5)27-18-22-10-8-12-32-29(22)34-30(27)36/h7-12,15-20H,13-14H2,1-6H3,(H,33,37)(H,32,34,36). The molecule has 2 aromatic carbocycles. The molecule has 0 aliphatic rings. The second kappa shape index (κ2) is 12.1. The molecule has 0 spiro atoms. The second-order valence-corrected chi connectivity index (χ2v) is 10.1. The first kappa shape index (κ1) is 27.9. The van der Waals surface area contributed by atoms with Gasteiger partial charge in [-0.25, -0.2) is 9.78 Å². The summed E-state index contributed by atoms with van der Waals surface area (Å²) in [5, 5.41) is 3.90. The topological polar surface area (TPSA) is 96.5 Å². The van der Waals surface area contributed by atoms with Crippen LogP contribution < -0.4 is 20.5 Å². The van der Waals surface area contributed by atoms with Crippen LogP contribution in [0.25, 0.3) is 22.2 Å². The van der Waals surface area contributed by atoms with Crippen molar-refractivity contribution in [3.63, 3.8) is 0 Å². The number of nitrogens with one attached hydrogen (secondary N) is 2. The number of hydrogen-bond acceptors (Lipinski definition) is 5. The smallest absolute Gasteiger partial charge is 0.326 e. The van der Waals surface area contributed by atoms with Crippen LogP contribution >= 0.6 is 0 Å². The van der Waals surface area contributed by atoms with E-state index in [4.69, 9.17) is 9.47 Å². The van der Waals surface area contributed by atoms with Gasteiger partial charge >= 0.3 is 6.03 Å². The molecule has 2 aromatic heterocycles. The average molecular weight is 529 g/mol. The van der Waals surface area contributed by atoms with Crippen LogP contribution in [-0.4, -0.2) is 43.4 Å². The zero-order valence-corrected chi connectivity index (χ0v) is 23.4. The minimum Gasteiger partial charge on any atom is -0.497 e. The first-order chi connectivity index (χ1) is 18.7. The lowest BCUT2D eigenvalue weighted by molar-refractivity contribution is 0.204. The maximum atomic E-state index is 13.9. The highest BCUT2D eigenvalue weighted by Gasteiger charge is 2.24. The molecule has 4 rings (SSSR count). The Hall–Kier alpha value is -4.17. The number of amides is 2. The third-order valence-corrected chi connectivity index (χ3v) is 6.73. The number of carbonyl (C=O) groups is 1. The fourth-order valence-corrected chi connectivity index (χ4v) is 4.62. The first-order valence-corrected chi connectivity index (χ1v) is 13.1. The van der Waals surface area contributed by atoms with Crippen molar-refractivity contribution in [3.05, 3.63) is 82.3 Å². The van der Waals surface area contributed by atoms with Crippen LogP contribution in [0.1, 0.15) is 50.7 Å². The number of H-pyrrole nitrogens is 1. The highest BCUT2D eigenvalue weighted by Crippen LogP contribution is 2.38. The predicted octanol–water partition coefficient (Wildman–Crippen LogP) is 6.53. The molecule has 0 atom stereocenters. The largest absolute Gasteiger partial charge is 0.497 e. The molecule has 0 aliphatic heterocycles. The van der Waals surface area contributed by atoms with Gasteiger partial charge in [0.25, 0.3) is 5.56 Å². The van der Waals surface area contributed by atoms with E-state index in [1.54, 1.807) is 32.5 Å². The Morgan fingerprint density at radius 3 is 2.33 bits per heavy atom. The maximum absolute atomic E-state index is 13.9. The Labute approximate surface area is 229 Å². The van der Waals surface area contributed by atoms with E-state index in [1.807, 2.05) is 24.3 Å². The first-order valence-electron chi connectivity index (χ1n) is 13.1. The van der Waals surface area contributed by atoms with Gasteiger partial charge in [-0.3, -0.25) is 9.69 Å². The normalized spacial score (nSPS) is 11.3. The van der Waals surface area contributed by atoms with Crippen molar-refractivity contribution < 1.29 is 14.3 Å². The van der Waals surface area contributed by atoms with Gasteiger partial charge in [-0.05, 0) is 76.6 Å². The summed E-state index contributed by atoms with van der Waals surface area (Å²) in [6.45, 7) is 8.89. The average Bonchev–Trinajstić information content (AvgIpc) is 2.93. The highest BCUT2D eigenvalue weighted by atomic mass is 16.5. The number of pyridine rings is 2. The molecule has 0 unspecified atom stereocenters. The number of fused-ring (bicyclic) bond motifs is 1. The molecule has 0 saturated heterocycles. The van der Waals surface area contributed by atoms with E-state index >= 15 is 0 Å². The van der Waals surface area contributed by atoms with Crippen LogP contribution in [0.4, 0.5) is 16.2 Å². The summed E-state index contributed by atoms with van der Waals surface area (Å²) < 4.78 is 10.7. The van der Waals surface area contributed by atoms with Crippen molar-refractivity contribution in [1.29, 1.82) is 0 Å². The number of carbonyl (C=O) groups excluding carboxylic acids is 1. The van der Waals surface area contributed by atoms with Gasteiger partial charge in [-0.15, -0.1) is 0 Å². The van der Waals surface area contributed by atoms with Crippen LogP contribution in [0.15, 0.2) is 65.6 Å². The lowest BCUT2D eigenvalue weighted by Gasteiger charge is -2.26. The molecule has 39 heavy (non-hydrogen) atoms. The van der Waals surface area contributed by atoms with Gasteiger partial charge in [-0.1, -0.05) is 39.8 Å². The Balaban J connectivity index is 1.79. The number of rotatable bonds is 9. The lowest BCUT2D eigenvalue weighted by atomic mass is 9.88. The quantitative estimate of drug-likeness (QED) is 0.257. The van der Waals surface area contributed by atoms with E-state index in [-0.39, 0.29) is 30.7 Å². The van der Waals surface area contributed by atoms with Crippen molar-refractivity contribution in [3.8, 4) is 16.9 Å². The van der Waals surface area contributed by atoms with E-state index in [9.17, 15) is 9.59 Å². The molecule has 8 nitrogen and oxygen atoms in total. The van der Waals surface area contributed by atoms with Crippen LogP contribution in [0.5, 0.6) is 5.75 Å². The summed E-state index contributed by atoms with van der Waals surface area (Å²) in [5.41, 5.74) is 5.17. The molecular formula is C31H36N4O4. The molecule has 2 N–H and O–H groups in total. The number of methoxy groups -OCH3 is 2. The van der Waals surface area contributed by atoms with Gasteiger partial charge in [0.1, 0.15) is 17.1 Å². The number of benzene rings is 2. The fraction of sp³-hybridized carbons (Fsp3) is 0.323. The number of hydrogen-bond donors (Lipinski definition) is 2. The zero-order chi connectivity index (χ0) is 28.1. The van der Waals surface area contributed by atoms with E-state index in [0.717, 1.165) is 39.1 Å². The number of aromatic amines is 1. The Kier molecular flexibility index (Phi) is 8.66. The Morgan fingerprint density at radius 1 is 0.974 bits per heavy atom. The van der Waals surface area contributed by atoms with Crippen LogP contribution in [0, 0.1) is 0 Å². The lowest BCUT2D eigenvalue weighted by Crippen LogP contribution is -2.41. The van der Waals surface area contributed by atoms with E-state index < -0.39 is 11.6 Å². The molecular weight excluding hydrogens is 492 g/mol. The summed E-state index contributed by atoms with van der Waals surface area (Å²) in [5.74, 6) is 1.04. The van der Waals surface area contributed by atoms with Gasteiger partial charge < -0.3 is 19.8 Å². The van der Waals surface area contributed by atoms with Crippen LogP contribution in [0.3, 0.4) is 0 Å². The minimum absolute atomic E-state index is 0.130. The number of aromatic nitrogens is 2. The van der Waals surface area contributed by atoms with Gasteiger partial charge in [0.2, 0.25) is 0 Å². The molecule has 0 fully saturated rings. The third kappa shape index (κ3) is 6.12. The molecule has 0 saturated carbocycles. The van der Waals surface area contributed by atoms with E-state index in [0.29, 0.717) is 5.65 Å². The molecule has 0 aliphatic carbocycles. The predicted molar refractivity (Wildman–Crippen MR) is 157 cm³/mol. The summed E-state index contributed by atoms with van der Waals surface area (Å²) in [7, 11) is 3.22. The third-order valence-electron chi connectivity index (χ3n) is 6.73. The van der Waals surface area contributed by atoms with E-state index in [2.05, 4.69) is 61.2 Å². The Morgan fingerprint density at radius 2 is 1.69 bits per heavy atom. The minimum atomic E-state index is -0.404. The van der Waals surface area contributed by atoms with Gasteiger partial charge in [0.05, 0.1) is 20.3 Å². The van der Waals surface area contributed by atoms with Gasteiger partial charge in [0.15, 0.2) is 0 Å². The maximum Gasteiger partial charge on any atom is 0.326 e. The molecule has 2 amide bonds. The van der Waals surface area contributed by atoms with Crippen molar-refractivity contribution in [2.45, 2.75) is 39.5 Å². The van der Waals surface area contributed by atoms with Crippen molar-refractivity contribution in [1.82, 2.24) is 9.97 Å². The summed E-state index contributed by atoms with van der Waals surface area (Å²) >= 11 is 0. The number of nitrogens with zero attached hydrogens (tertiary/aromatic N) is 2. The molecule has 0 bridgehead atoms. The summed E-state index contributed by atoms with van der Waals surface area (Å²) in [6.07, 6.45) is 1.61. The summed E-state index contributed by atoms with van der Waals surface area (Å²) in [4.78, 5) is 35.3. The van der Waals surface area contributed by atoms with Crippen molar-refractivity contribution in [2.24, 2.45) is 0 Å². The number of urea groups is 1. The number of ether oxygens (including phenoxy) is 2. The molecule has 4 aromatic rings. The SMILES string of the molecule is COCCN(C(=O)Nc1c(C(C)C)cc(-c2cccc(OC)c2)cc1C(C)C)c1cc2cccnc2[nH]c1=O. The van der Waals surface area contributed by atoms with Crippen LogP contribution in [-0.2, 0) is 4.74 Å². The number of anilines is 2. The molecule has 2 heterocycles. The molecule has 204 valence electrons. The van der Waals surface area contributed by atoms with Gasteiger partial charge in [0, 0.05) is 24.4 Å². The van der Waals surface area contributed by atoms with Crippen molar-refractivity contribution in [2.75, 3.05) is 37.6 Å². The fourth-order valence-electron chi connectivity index (χ4n) is 4.62. The highest BCUT2D eigenvalue weighted by molar-refractivity contribution is 6.03.